The van der Waals surface area contributed by atoms with Gasteiger partial charge in [-0.25, -0.2) is 4.98 Å². The molecule has 160 valence electrons. The molecule has 0 radical (unpaired) electrons. The van der Waals surface area contributed by atoms with Crippen molar-refractivity contribution in [3.63, 3.8) is 0 Å². The fourth-order valence-corrected chi connectivity index (χ4v) is 3.57. The van der Waals surface area contributed by atoms with Gasteiger partial charge in [0, 0.05) is 19.2 Å². The maximum atomic E-state index is 12.4. The molecule has 1 aliphatic heterocycles. The fraction of sp³-hybridized carbons (Fsp3) is 0.217. The molecule has 3 heterocycles. The van der Waals surface area contributed by atoms with Crippen molar-refractivity contribution < 1.29 is 14.4 Å². The Morgan fingerprint density at radius 2 is 1.72 bits per heavy atom. The Morgan fingerprint density at radius 3 is 2.38 bits per heavy atom. The number of rotatable bonds is 8. The third-order valence-corrected chi connectivity index (χ3v) is 5.18. The van der Waals surface area contributed by atoms with Crippen LogP contribution in [-0.4, -0.2) is 43.9 Å². The van der Waals surface area contributed by atoms with Crippen LogP contribution in [0, 0.1) is 11.3 Å². The number of hydrogen-bond acceptors (Lipinski definition) is 6. The second-order valence-corrected chi connectivity index (χ2v) is 7.28. The normalized spacial score (nSPS) is 12.5. The summed E-state index contributed by atoms with van der Waals surface area (Å²) in [5.74, 6) is -0.0160. The van der Waals surface area contributed by atoms with Crippen LogP contribution < -0.4 is 5.32 Å². The monoisotopic (exact) mass is 428 g/mol. The molecule has 3 aromatic rings. The number of unbranched alkanes of at least 4 members (excludes halogenated alkanes) is 2. The quantitative estimate of drug-likeness (QED) is 0.435. The Hall–Kier alpha value is -4.32. The Kier molecular flexibility index (Phi) is 6.03. The Balaban J connectivity index is 1.27. The molecule has 9 nitrogen and oxygen atoms in total. The van der Waals surface area contributed by atoms with Gasteiger partial charge in [0.25, 0.3) is 11.8 Å². The van der Waals surface area contributed by atoms with E-state index >= 15 is 0 Å². The number of nitriles is 1. The molecule has 0 spiro atoms. The van der Waals surface area contributed by atoms with E-state index in [9.17, 15) is 19.6 Å². The van der Waals surface area contributed by atoms with Gasteiger partial charge < -0.3 is 5.32 Å². The smallest absolute Gasteiger partial charge is 0.261 e. The summed E-state index contributed by atoms with van der Waals surface area (Å²) in [6.45, 7) is 0.318. The summed E-state index contributed by atoms with van der Waals surface area (Å²) in [6.07, 6.45) is 5.07. The molecule has 0 aliphatic carbocycles. The zero-order valence-corrected chi connectivity index (χ0v) is 17.2. The van der Waals surface area contributed by atoms with Crippen LogP contribution >= 0.6 is 0 Å². The van der Waals surface area contributed by atoms with Gasteiger partial charge in [-0.15, -0.1) is 0 Å². The van der Waals surface area contributed by atoms with Crippen molar-refractivity contribution in [2.75, 3.05) is 11.9 Å². The van der Waals surface area contributed by atoms with Gasteiger partial charge in [0.2, 0.25) is 5.91 Å². The van der Waals surface area contributed by atoms with E-state index in [4.69, 9.17) is 0 Å². The highest BCUT2D eigenvalue weighted by Crippen LogP contribution is 2.23. The molecule has 9 heteroatoms. The van der Waals surface area contributed by atoms with Crippen molar-refractivity contribution in [2.45, 2.75) is 25.7 Å². The number of amides is 3. The van der Waals surface area contributed by atoms with E-state index in [2.05, 4.69) is 15.4 Å². The van der Waals surface area contributed by atoms with Gasteiger partial charge in [-0.05, 0) is 37.1 Å². The van der Waals surface area contributed by atoms with Crippen LogP contribution in [0.15, 0.2) is 54.9 Å². The van der Waals surface area contributed by atoms with E-state index in [-0.39, 0.29) is 35.5 Å². The number of nitrogens with zero attached hydrogens (tertiary/aromatic N) is 5. The van der Waals surface area contributed by atoms with Crippen LogP contribution in [0.3, 0.4) is 0 Å². The van der Waals surface area contributed by atoms with Crippen molar-refractivity contribution in [1.29, 1.82) is 5.26 Å². The summed E-state index contributed by atoms with van der Waals surface area (Å²) in [5.41, 5.74) is 1.12. The highest BCUT2D eigenvalue weighted by Gasteiger charge is 2.34. The van der Waals surface area contributed by atoms with Gasteiger partial charge in [0.15, 0.2) is 11.6 Å². The zero-order valence-electron chi connectivity index (χ0n) is 17.2. The average molecular weight is 428 g/mol. The van der Waals surface area contributed by atoms with E-state index < -0.39 is 0 Å². The standard InChI is InChI=1S/C23H20N6O3/c24-14-16-15-26-29(19-10-5-6-12-25-19)21(16)27-20(30)11-2-1-7-13-28-22(31)17-8-3-4-9-18(17)23(28)32/h3-6,8-10,12,15H,1-2,7,11,13H2,(H,27,30). The fourth-order valence-electron chi connectivity index (χ4n) is 3.57. The largest absolute Gasteiger partial charge is 0.309 e. The van der Waals surface area contributed by atoms with Crippen LogP contribution in [0.5, 0.6) is 0 Å². The minimum Gasteiger partial charge on any atom is -0.309 e. The van der Waals surface area contributed by atoms with E-state index in [1.165, 1.54) is 15.8 Å². The maximum Gasteiger partial charge on any atom is 0.261 e. The number of carbonyl (C=O) groups excluding carboxylic acids is 3. The first kappa shape index (κ1) is 20.9. The first-order chi connectivity index (χ1) is 15.6. The number of nitrogens with one attached hydrogen (secondary N) is 1. The molecule has 1 aliphatic rings. The molecular weight excluding hydrogens is 408 g/mol. The lowest BCUT2D eigenvalue weighted by molar-refractivity contribution is -0.116. The first-order valence-electron chi connectivity index (χ1n) is 10.2. The minimum absolute atomic E-state index is 0.236. The molecule has 2 aromatic heterocycles. The summed E-state index contributed by atoms with van der Waals surface area (Å²) in [7, 11) is 0. The second kappa shape index (κ2) is 9.22. The van der Waals surface area contributed by atoms with Crippen LogP contribution in [0.2, 0.25) is 0 Å². The predicted octanol–water partition coefficient (Wildman–Crippen LogP) is 2.93. The Morgan fingerprint density at radius 1 is 1.00 bits per heavy atom. The summed E-state index contributed by atoms with van der Waals surface area (Å²) in [4.78, 5) is 42.6. The van der Waals surface area contributed by atoms with Crippen molar-refractivity contribution in [3.8, 4) is 11.9 Å². The molecule has 32 heavy (non-hydrogen) atoms. The minimum atomic E-state index is -0.268. The summed E-state index contributed by atoms with van der Waals surface area (Å²) in [5, 5.41) is 16.2. The second-order valence-electron chi connectivity index (χ2n) is 7.28. The highest BCUT2D eigenvalue weighted by molar-refractivity contribution is 6.21. The molecule has 1 N–H and O–H groups in total. The molecule has 4 rings (SSSR count). The van der Waals surface area contributed by atoms with Crippen LogP contribution in [0.25, 0.3) is 5.82 Å². The molecule has 1 aromatic carbocycles. The maximum absolute atomic E-state index is 12.4. The number of pyridine rings is 1. The van der Waals surface area contributed by atoms with Crippen LogP contribution in [0.1, 0.15) is 52.0 Å². The van der Waals surface area contributed by atoms with Crippen LogP contribution in [0.4, 0.5) is 5.82 Å². The number of benzene rings is 1. The van der Waals surface area contributed by atoms with E-state index in [1.54, 1.807) is 48.7 Å². The first-order valence-corrected chi connectivity index (χ1v) is 10.2. The van der Waals surface area contributed by atoms with Gasteiger partial charge in [0.05, 0.1) is 17.3 Å². The molecule has 0 saturated heterocycles. The summed E-state index contributed by atoms with van der Waals surface area (Å²) >= 11 is 0. The SMILES string of the molecule is N#Cc1cnn(-c2ccccn2)c1NC(=O)CCCCCN1C(=O)c2ccccc2C1=O. The molecule has 0 saturated carbocycles. The van der Waals surface area contributed by atoms with E-state index in [0.29, 0.717) is 42.8 Å². The number of carbonyl (C=O) groups is 3. The number of aromatic nitrogens is 3. The van der Waals surface area contributed by atoms with E-state index in [1.807, 2.05) is 6.07 Å². The van der Waals surface area contributed by atoms with Crippen molar-refractivity contribution in [1.82, 2.24) is 19.7 Å². The molecule has 0 bridgehead atoms. The molecule has 0 unspecified atom stereocenters. The number of fused-ring (bicyclic) bond motifs is 1. The van der Waals surface area contributed by atoms with Gasteiger partial charge in [0.1, 0.15) is 11.6 Å². The third-order valence-electron chi connectivity index (χ3n) is 5.18. The van der Waals surface area contributed by atoms with Gasteiger partial charge in [-0.1, -0.05) is 24.6 Å². The predicted molar refractivity (Wildman–Crippen MR) is 115 cm³/mol. The molecule has 0 atom stereocenters. The summed E-state index contributed by atoms with van der Waals surface area (Å²) in [6, 6.07) is 14.1. The zero-order chi connectivity index (χ0) is 22.5. The lowest BCUT2D eigenvalue weighted by Crippen LogP contribution is -2.30. The van der Waals surface area contributed by atoms with Gasteiger partial charge >= 0.3 is 0 Å². The molecule has 3 amide bonds. The summed E-state index contributed by atoms with van der Waals surface area (Å²) < 4.78 is 1.42. The topological polar surface area (TPSA) is 121 Å². The molecule has 0 fully saturated rings. The van der Waals surface area contributed by atoms with Crippen molar-refractivity contribution in [3.05, 3.63) is 71.5 Å². The van der Waals surface area contributed by atoms with E-state index in [0.717, 1.165) is 0 Å². The Bertz CT molecular complexity index is 1180. The third kappa shape index (κ3) is 4.11. The average Bonchev–Trinajstić information content (AvgIpc) is 3.33. The van der Waals surface area contributed by atoms with Gasteiger partial charge in [-0.2, -0.15) is 15.0 Å². The van der Waals surface area contributed by atoms with Crippen LogP contribution in [-0.2, 0) is 4.79 Å². The highest BCUT2D eigenvalue weighted by atomic mass is 16.2. The Labute approximate surface area is 184 Å². The lowest BCUT2D eigenvalue weighted by atomic mass is 10.1. The lowest BCUT2D eigenvalue weighted by Gasteiger charge is -2.13. The van der Waals surface area contributed by atoms with Crippen molar-refractivity contribution in [2.24, 2.45) is 0 Å². The number of imide groups is 1. The van der Waals surface area contributed by atoms with Crippen molar-refractivity contribution >= 4 is 23.5 Å². The number of hydrogen-bond donors (Lipinski definition) is 1. The van der Waals surface area contributed by atoms with Gasteiger partial charge in [-0.3, -0.25) is 19.3 Å². The molecular formula is C23H20N6O3. The number of anilines is 1.